The molecule has 0 saturated heterocycles. The van der Waals surface area contributed by atoms with Gasteiger partial charge in [0.1, 0.15) is 0 Å². The molecule has 7 nitrogen and oxygen atoms in total. The summed E-state index contributed by atoms with van der Waals surface area (Å²) in [6.45, 7) is 4.40. The van der Waals surface area contributed by atoms with Gasteiger partial charge in [-0.25, -0.2) is 14.4 Å². The van der Waals surface area contributed by atoms with Gasteiger partial charge in [0.15, 0.2) is 0 Å². The first-order chi connectivity index (χ1) is 9.10. The number of carbonyl (C=O) groups is 3. The van der Waals surface area contributed by atoms with E-state index in [4.69, 9.17) is 4.74 Å². The maximum absolute atomic E-state index is 11.1. The van der Waals surface area contributed by atoms with Crippen molar-refractivity contribution in [2.24, 2.45) is 0 Å². The van der Waals surface area contributed by atoms with Crippen molar-refractivity contribution in [2.75, 3.05) is 26.4 Å². The van der Waals surface area contributed by atoms with E-state index >= 15 is 0 Å². The standard InChI is InChI=1S/C12H19NO6/c1-3-17-10(14)6-7-11(15)19-9-5-8-13-12(16)18-4-2/h6-7H,3-5,8-9H2,1-2H3,(H,13,16)/b7-6+. The largest absolute Gasteiger partial charge is 0.463 e. The first kappa shape index (κ1) is 16.9. The van der Waals surface area contributed by atoms with E-state index in [1.807, 2.05) is 0 Å². The zero-order valence-electron chi connectivity index (χ0n) is 11.1. The molecule has 19 heavy (non-hydrogen) atoms. The van der Waals surface area contributed by atoms with Gasteiger partial charge in [-0.15, -0.1) is 0 Å². The Morgan fingerprint density at radius 2 is 1.53 bits per heavy atom. The molecule has 0 rings (SSSR count). The highest BCUT2D eigenvalue weighted by Crippen LogP contribution is 1.88. The van der Waals surface area contributed by atoms with Crippen molar-refractivity contribution in [3.05, 3.63) is 12.2 Å². The second kappa shape index (κ2) is 11.1. The molecule has 0 heterocycles. The van der Waals surface area contributed by atoms with E-state index in [2.05, 4.69) is 14.8 Å². The fourth-order valence-corrected chi connectivity index (χ4v) is 0.992. The van der Waals surface area contributed by atoms with Crippen LogP contribution in [0.25, 0.3) is 0 Å². The van der Waals surface area contributed by atoms with Gasteiger partial charge in [-0.2, -0.15) is 0 Å². The predicted octanol–water partition coefficient (Wildman–Crippen LogP) is 0.785. The maximum atomic E-state index is 11.1. The smallest absolute Gasteiger partial charge is 0.407 e. The Morgan fingerprint density at radius 3 is 2.11 bits per heavy atom. The van der Waals surface area contributed by atoms with Crippen LogP contribution in [0.15, 0.2) is 12.2 Å². The summed E-state index contributed by atoms with van der Waals surface area (Å²) in [5, 5.41) is 2.48. The van der Waals surface area contributed by atoms with Crippen molar-refractivity contribution in [3.8, 4) is 0 Å². The van der Waals surface area contributed by atoms with Crippen molar-refractivity contribution in [2.45, 2.75) is 20.3 Å². The summed E-state index contributed by atoms with van der Waals surface area (Å²) < 4.78 is 14.0. The Morgan fingerprint density at radius 1 is 0.947 bits per heavy atom. The average molecular weight is 273 g/mol. The van der Waals surface area contributed by atoms with Crippen LogP contribution in [-0.2, 0) is 23.8 Å². The molecular weight excluding hydrogens is 254 g/mol. The number of alkyl carbamates (subject to hydrolysis) is 1. The first-order valence-electron chi connectivity index (χ1n) is 6.02. The number of ether oxygens (including phenoxy) is 3. The van der Waals surface area contributed by atoms with Crippen molar-refractivity contribution in [1.29, 1.82) is 0 Å². The molecule has 0 aliphatic carbocycles. The van der Waals surface area contributed by atoms with E-state index in [0.29, 0.717) is 19.6 Å². The highest BCUT2D eigenvalue weighted by atomic mass is 16.5. The molecule has 0 unspecified atom stereocenters. The molecule has 0 spiro atoms. The van der Waals surface area contributed by atoms with Crippen LogP contribution in [0.2, 0.25) is 0 Å². The van der Waals surface area contributed by atoms with Crippen LogP contribution in [-0.4, -0.2) is 44.4 Å². The quantitative estimate of drug-likeness (QED) is 0.304. The lowest BCUT2D eigenvalue weighted by Gasteiger charge is -2.05. The number of carbonyl (C=O) groups excluding carboxylic acids is 3. The molecule has 0 saturated carbocycles. The summed E-state index contributed by atoms with van der Waals surface area (Å²) in [7, 11) is 0. The van der Waals surface area contributed by atoms with Gasteiger partial charge in [-0.1, -0.05) is 0 Å². The molecule has 0 aliphatic heterocycles. The highest BCUT2D eigenvalue weighted by molar-refractivity contribution is 5.91. The van der Waals surface area contributed by atoms with Crippen LogP contribution in [0.4, 0.5) is 4.79 Å². The second-order valence-corrected chi connectivity index (χ2v) is 3.25. The Balaban J connectivity index is 3.58. The number of esters is 2. The number of hydrogen-bond donors (Lipinski definition) is 1. The minimum absolute atomic E-state index is 0.137. The third-order valence-electron chi connectivity index (χ3n) is 1.75. The Bertz CT molecular complexity index is 326. The van der Waals surface area contributed by atoms with Crippen LogP contribution in [0.1, 0.15) is 20.3 Å². The van der Waals surface area contributed by atoms with E-state index in [9.17, 15) is 14.4 Å². The molecule has 7 heteroatoms. The zero-order valence-corrected chi connectivity index (χ0v) is 11.1. The van der Waals surface area contributed by atoms with Crippen molar-refractivity contribution in [3.63, 3.8) is 0 Å². The van der Waals surface area contributed by atoms with Crippen LogP contribution in [0.5, 0.6) is 0 Å². The second-order valence-electron chi connectivity index (χ2n) is 3.25. The van der Waals surface area contributed by atoms with Crippen LogP contribution in [0.3, 0.4) is 0 Å². The third-order valence-corrected chi connectivity index (χ3v) is 1.75. The summed E-state index contributed by atoms with van der Waals surface area (Å²) in [5.74, 6) is -1.23. The van der Waals surface area contributed by atoms with E-state index in [1.165, 1.54) is 0 Å². The highest BCUT2D eigenvalue weighted by Gasteiger charge is 2.01. The number of hydrogen-bond acceptors (Lipinski definition) is 6. The molecule has 0 radical (unpaired) electrons. The molecular formula is C12H19NO6. The van der Waals surface area contributed by atoms with E-state index in [0.717, 1.165) is 12.2 Å². The van der Waals surface area contributed by atoms with E-state index in [1.54, 1.807) is 13.8 Å². The van der Waals surface area contributed by atoms with Gasteiger partial charge in [-0.3, -0.25) is 0 Å². The van der Waals surface area contributed by atoms with E-state index < -0.39 is 18.0 Å². The van der Waals surface area contributed by atoms with Crippen molar-refractivity contribution in [1.82, 2.24) is 5.32 Å². The van der Waals surface area contributed by atoms with Crippen molar-refractivity contribution < 1.29 is 28.6 Å². The topological polar surface area (TPSA) is 90.9 Å². The molecule has 0 atom stereocenters. The molecule has 108 valence electrons. The SMILES string of the molecule is CCOC(=O)/C=C/C(=O)OCCCNC(=O)OCC. The lowest BCUT2D eigenvalue weighted by molar-refractivity contribution is -0.140. The fourth-order valence-electron chi connectivity index (χ4n) is 0.992. The summed E-state index contributed by atoms with van der Waals surface area (Å²) >= 11 is 0. The first-order valence-corrected chi connectivity index (χ1v) is 6.02. The Hall–Kier alpha value is -2.05. The Kier molecular flexibility index (Phi) is 9.87. The van der Waals surface area contributed by atoms with Gasteiger partial charge in [0, 0.05) is 18.7 Å². The fraction of sp³-hybridized carbons (Fsp3) is 0.583. The van der Waals surface area contributed by atoms with Gasteiger partial charge in [0.25, 0.3) is 0 Å². The summed E-state index contributed by atoms with van der Waals surface area (Å²) in [5.41, 5.74) is 0. The number of nitrogens with one attached hydrogen (secondary N) is 1. The normalized spacial score (nSPS) is 10.0. The lowest BCUT2D eigenvalue weighted by atomic mass is 10.4. The maximum Gasteiger partial charge on any atom is 0.407 e. The van der Waals surface area contributed by atoms with Crippen LogP contribution >= 0.6 is 0 Å². The molecule has 1 amide bonds. The predicted molar refractivity (Wildman–Crippen MR) is 66.4 cm³/mol. The average Bonchev–Trinajstić information content (AvgIpc) is 2.36. The zero-order chi connectivity index (χ0) is 14.5. The van der Waals surface area contributed by atoms with Crippen LogP contribution in [0, 0.1) is 0 Å². The Labute approximate surface area is 111 Å². The van der Waals surface area contributed by atoms with Gasteiger partial charge in [0.05, 0.1) is 19.8 Å². The van der Waals surface area contributed by atoms with Crippen molar-refractivity contribution >= 4 is 18.0 Å². The number of amides is 1. The molecule has 0 aromatic heterocycles. The lowest BCUT2D eigenvalue weighted by Crippen LogP contribution is -2.26. The third kappa shape index (κ3) is 10.8. The van der Waals surface area contributed by atoms with Crippen LogP contribution < -0.4 is 5.32 Å². The monoisotopic (exact) mass is 273 g/mol. The number of rotatable bonds is 8. The molecule has 0 fully saturated rings. The van der Waals surface area contributed by atoms with Gasteiger partial charge < -0.3 is 19.5 Å². The van der Waals surface area contributed by atoms with E-state index in [-0.39, 0.29) is 13.2 Å². The summed E-state index contributed by atoms with van der Waals surface area (Å²) in [6, 6.07) is 0. The molecule has 0 aromatic rings. The molecule has 1 N–H and O–H groups in total. The minimum Gasteiger partial charge on any atom is -0.463 e. The molecule has 0 bridgehead atoms. The molecule has 0 aromatic carbocycles. The molecule has 0 aliphatic rings. The van der Waals surface area contributed by atoms with Gasteiger partial charge >= 0.3 is 18.0 Å². The summed E-state index contributed by atoms with van der Waals surface area (Å²) in [6.07, 6.45) is 1.95. The van der Waals surface area contributed by atoms with Gasteiger partial charge in [-0.05, 0) is 20.3 Å². The minimum atomic E-state index is -0.635. The summed E-state index contributed by atoms with van der Waals surface area (Å²) in [4.78, 5) is 32.9. The van der Waals surface area contributed by atoms with Gasteiger partial charge in [0.2, 0.25) is 0 Å².